The quantitative estimate of drug-likeness (QED) is 0.592. The van der Waals surface area contributed by atoms with Gasteiger partial charge < -0.3 is 5.32 Å². The van der Waals surface area contributed by atoms with Gasteiger partial charge >= 0.3 is 0 Å². The molecule has 0 atom stereocenters. The van der Waals surface area contributed by atoms with Crippen molar-refractivity contribution in [2.75, 3.05) is 11.9 Å². The number of rotatable bonds is 5. The lowest BCUT2D eigenvalue weighted by Crippen LogP contribution is -2.34. The first-order valence-corrected chi connectivity index (χ1v) is 10.5. The number of thiocarbonyl (C=S) groups is 1. The Hall–Kier alpha value is -2.19. The largest absolute Gasteiger partial charge is 0.369 e. The van der Waals surface area contributed by atoms with E-state index >= 15 is 0 Å². The predicted octanol–water partition coefficient (Wildman–Crippen LogP) is 3.68. The van der Waals surface area contributed by atoms with E-state index in [0.29, 0.717) is 38.7 Å². The van der Waals surface area contributed by atoms with Gasteiger partial charge in [0.25, 0.3) is 11.5 Å². The highest BCUT2D eigenvalue weighted by Gasteiger charge is 2.34. The number of hydrogen-bond acceptors (Lipinski definition) is 6. The van der Waals surface area contributed by atoms with Crippen LogP contribution in [0.2, 0.25) is 0 Å². The van der Waals surface area contributed by atoms with Crippen LogP contribution in [0.3, 0.4) is 0 Å². The summed E-state index contributed by atoms with van der Waals surface area (Å²) in [5, 5.41) is 3.27. The van der Waals surface area contributed by atoms with Crippen molar-refractivity contribution in [2.45, 2.75) is 40.7 Å². The van der Waals surface area contributed by atoms with Gasteiger partial charge in [-0.05, 0) is 44.4 Å². The number of thioether (sulfide) groups is 1. The standard InChI is InChI=1S/C20H24N4O2S2/c1-11(2)10-21-16-14(9-15-19(26)24(12(3)4)20(27)28-15)18(25)23-8-6-7-13(5)17(23)22-16/h6-9,11-12,21H,10H2,1-5H3/b15-9+. The first-order chi connectivity index (χ1) is 13.2. The van der Waals surface area contributed by atoms with E-state index in [4.69, 9.17) is 12.2 Å². The number of anilines is 1. The van der Waals surface area contributed by atoms with Crippen LogP contribution in [0.1, 0.15) is 38.8 Å². The van der Waals surface area contributed by atoms with Gasteiger partial charge in [0.05, 0.1) is 10.5 Å². The van der Waals surface area contributed by atoms with E-state index in [1.165, 1.54) is 16.2 Å². The molecule has 0 unspecified atom stereocenters. The molecule has 0 saturated carbocycles. The highest BCUT2D eigenvalue weighted by Crippen LogP contribution is 2.34. The van der Waals surface area contributed by atoms with Crippen LogP contribution in [0.15, 0.2) is 28.0 Å². The Balaban J connectivity index is 2.17. The maximum atomic E-state index is 13.2. The molecular formula is C20H24N4O2S2. The van der Waals surface area contributed by atoms with E-state index in [2.05, 4.69) is 24.1 Å². The fourth-order valence-electron chi connectivity index (χ4n) is 2.93. The summed E-state index contributed by atoms with van der Waals surface area (Å²) in [5.41, 5.74) is 1.67. The molecule has 1 amide bonds. The number of nitrogens with zero attached hydrogens (tertiary/aromatic N) is 3. The Morgan fingerprint density at radius 3 is 2.61 bits per heavy atom. The van der Waals surface area contributed by atoms with Crippen LogP contribution >= 0.6 is 24.0 Å². The summed E-state index contributed by atoms with van der Waals surface area (Å²) >= 11 is 6.57. The van der Waals surface area contributed by atoms with Crippen LogP contribution < -0.4 is 10.9 Å². The van der Waals surface area contributed by atoms with E-state index in [0.717, 1.165) is 5.56 Å². The minimum atomic E-state index is -0.213. The van der Waals surface area contributed by atoms with Crippen molar-refractivity contribution in [1.29, 1.82) is 0 Å². The van der Waals surface area contributed by atoms with Crippen LogP contribution in [0.5, 0.6) is 0 Å². The second-order valence-electron chi connectivity index (χ2n) is 7.48. The van der Waals surface area contributed by atoms with Crippen LogP contribution in [-0.2, 0) is 4.79 Å². The van der Waals surface area contributed by atoms with E-state index in [1.807, 2.05) is 32.9 Å². The molecule has 0 spiro atoms. The van der Waals surface area contributed by atoms with Crippen molar-refractivity contribution in [3.8, 4) is 0 Å². The molecule has 0 bridgehead atoms. The molecule has 28 heavy (non-hydrogen) atoms. The zero-order chi connectivity index (χ0) is 20.6. The Labute approximate surface area is 174 Å². The molecule has 0 radical (unpaired) electrons. The van der Waals surface area contributed by atoms with Gasteiger partial charge in [0, 0.05) is 18.8 Å². The van der Waals surface area contributed by atoms with Crippen molar-refractivity contribution in [3.05, 3.63) is 44.7 Å². The first kappa shape index (κ1) is 20.5. The lowest BCUT2D eigenvalue weighted by molar-refractivity contribution is -0.123. The molecule has 6 nitrogen and oxygen atoms in total. The van der Waals surface area contributed by atoms with Gasteiger partial charge in [-0.25, -0.2) is 4.98 Å². The third-order valence-electron chi connectivity index (χ3n) is 4.38. The molecule has 1 fully saturated rings. The molecular weight excluding hydrogens is 392 g/mol. The third-order valence-corrected chi connectivity index (χ3v) is 5.71. The van der Waals surface area contributed by atoms with E-state index in [1.54, 1.807) is 17.2 Å². The normalized spacial score (nSPS) is 16.2. The zero-order valence-corrected chi connectivity index (χ0v) is 18.3. The summed E-state index contributed by atoms with van der Waals surface area (Å²) in [5.74, 6) is 0.695. The number of aryl methyl sites for hydroxylation is 1. The molecule has 1 aliphatic rings. The highest BCUT2D eigenvalue weighted by molar-refractivity contribution is 8.26. The van der Waals surface area contributed by atoms with Crippen molar-refractivity contribution in [2.24, 2.45) is 5.92 Å². The molecule has 3 heterocycles. The minimum Gasteiger partial charge on any atom is -0.369 e. The van der Waals surface area contributed by atoms with E-state index < -0.39 is 0 Å². The highest BCUT2D eigenvalue weighted by atomic mass is 32.2. The van der Waals surface area contributed by atoms with Gasteiger partial charge in [0.15, 0.2) is 0 Å². The molecule has 8 heteroatoms. The number of pyridine rings is 1. The average Bonchev–Trinajstić information content (AvgIpc) is 2.90. The van der Waals surface area contributed by atoms with Crippen LogP contribution in [0.4, 0.5) is 5.82 Å². The van der Waals surface area contributed by atoms with Crippen molar-refractivity contribution in [1.82, 2.24) is 14.3 Å². The summed E-state index contributed by atoms with van der Waals surface area (Å²) in [6, 6.07) is 3.70. The molecule has 0 aromatic carbocycles. The van der Waals surface area contributed by atoms with Gasteiger partial charge in [-0.1, -0.05) is 43.9 Å². The number of amides is 1. The number of aromatic nitrogens is 2. The molecule has 2 aromatic rings. The van der Waals surface area contributed by atoms with Crippen LogP contribution in [0, 0.1) is 12.8 Å². The summed E-state index contributed by atoms with van der Waals surface area (Å²) in [6.45, 7) is 10.6. The van der Waals surface area contributed by atoms with E-state index in [9.17, 15) is 9.59 Å². The zero-order valence-electron chi connectivity index (χ0n) is 16.6. The molecule has 1 aliphatic heterocycles. The second-order valence-corrected chi connectivity index (χ2v) is 9.16. The van der Waals surface area contributed by atoms with Crippen molar-refractivity contribution >= 4 is 51.7 Å². The van der Waals surface area contributed by atoms with Gasteiger partial charge in [-0.2, -0.15) is 0 Å². The first-order valence-electron chi connectivity index (χ1n) is 9.23. The Kier molecular flexibility index (Phi) is 5.90. The molecule has 148 valence electrons. The van der Waals surface area contributed by atoms with Crippen LogP contribution in [0.25, 0.3) is 11.7 Å². The lowest BCUT2D eigenvalue weighted by atomic mass is 10.2. The molecule has 0 aliphatic carbocycles. The van der Waals surface area contributed by atoms with Gasteiger partial charge in [0.2, 0.25) is 0 Å². The van der Waals surface area contributed by atoms with Gasteiger partial charge in [-0.15, -0.1) is 0 Å². The maximum Gasteiger partial charge on any atom is 0.267 e. The van der Waals surface area contributed by atoms with E-state index in [-0.39, 0.29) is 17.5 Å². The maximum absolute atomic E-state index is 13.2. The second kappa shape index (κ2) is 8.05. The predicted molar refractivity (Wildman–Crippen MR) is 120 cm³/mol. The fraction of sp³-hybridized carbons (Fsp3) is 0.400. The Bertz CT molecular complexity index is 1040. The number of carbonyl (C=O) groups excluding carboxylic acids is 1. The summed E-state index contributed by atoms with van der Waals surface area (Å²) in [6.07, 6.45) is 3.31. The summed E-state index contributed by atoms with van der Waals surface area (Å²) in [7, 11) is 0. The smallest absolute Gasteiger partial charge is 0.267 e. The molecule has 3 rings (SSSR count). The summed E-state index contributed by atoms with van der Waals surface area (Å²) in [4.78, 5) is 32.7. The molecule has 1 saturated heterocycles. The average molecular weight is 417 g/mol. The number of nitrogens with one attached hydrogen (secondary N) is 1. The monoisotopic (exact) mass is 416 g/mol. The van der Waals surface area contributed by atoms with Crippen molar-refractivity contribution < 1.29 is 4.79 Å². The lowest BCUT2D eigenvalue weighted by Gasteiger charge is -2.18. The SMILES string of the molecule is Cc1cccn2c(=O)c(/C=C3/SC(=S)N(C(C)C)C3=O)c(NCC(C)C)nc12. The van der Waals surface area contributed by atoms with Crippen LogP contribution in [-0.4, -0.2) is 37.1 Å². The molecule has 2 aromatic heterocycles. The van der Waals surface area contributed by atoms with Gasteiger partial charge in [0.1, 0.15) is 15.8 Å². The minimum absolute atomic E-state index is 0.0320. The van der Waals surface area contributed by atoms with Gasteiger partial charge in [-0.3, -0.25) is 18.9 Å². The fourth-order valence-corrected chi connectivity index (χ4v) is 4.44. The van der Waals surface area contributed by atoms with Crippen molar-refractivity contribution in [3.63, 3.8) is 0 Å². The Morgan fingerprint density at radius 2 is 2.00 bits per heavy atom. The third kappa shape index (κ3) is 3.84. The summed E-state index contributed by atoms with van der Waals surface area (Å²) < 4.78 is 2.03. The topological polar surface area (TPSA) is 66.7 Å². The number of hydrogen-bond donors (Lipinski definition) is 1. The number of carbonyl (C=O) groups is 1. The molecule has 1 N–H and O–H groups in total. The number of fused-ring (bicyclic) bond motifs is 1. The Morgan fingerprint density at radius 1 is 1.29 bits per heavy atom.